The molecule has 7 atom stereocenters. The largest absolute Gasteiger partial charge is 0.403 e. The number of rotatable bonds is 24. The number of halogens is 7. The second kappa shape index (κ2) is 25.4. The fourth-order valence-electron chi connectivity index (χ4n) is 11.8. The summed E-state index contributed by atoms with van der Waals surface area (Å²) < 4.78 is 84.7. The van der Waals surface area contributed by atoms with Gasteiger partial charge in [-0.2, -0.15) is 13.2 Å². The average Bonchev–Trinajstić information content (AvgIpc) is 4.12. The van der Waals surface area contributed by atoms with Gasteiger partial charge in [0.1, 0.15) is 24.3 Å². The third kappa shape index (κ3) is 14.7. The number of likely N-dealkylation sites (N-methyl/N-ethyl adjacent to an activating group) is 4. The van der Waals surface area contributed by atoms with Crippen molar-refractivity contribution in [2.24, 2.45) is 23.2 Å². The fourth-order valence-corrected chi connectivity index (χ4v) is 12.0. The summed E-state index contributed by atoms with van der Waals surface area (Å²) in [5.74, 6) is -7.74. The molecule has 6 rings (SSSR count). The van der Waals surface area contributed by atoms with Crippen LogP contribution in [0.15, 0.2) is 42.5 Å². The van der Waals surface area contributed by atoms with E-state index in [1.807, 2.05) is 25.1 Å². The number of piperidine rings is 1. The van der Waals surface area contributed by atoms with E-state index in [0.717, 1.165) is 55.5 Å². The van der Waals surface area contributed by atoms with Crippen LogP contribution in [0.4, 0.5) is 26.3 Å². The molecule has 2 heterocycles. The summed E-state index contributed by atoms with van der Waals surface area (Å²) in [4.78, 5) is 89.7. The van der Waals surface area contributed by atoms with Gasteiger partial charge < -0.3 is 29.8 Å². The van der Waals surface area contributed by atoms with E-state index in [9.17, 15) is 55.1 Å². The van der Waals surface area contributed by atoms with Crippen LogP contribution in [0.1, 0.15) is 135 Å². The van der Waals surface area contributed by atoms with E-state index < -0.39 is 91.4 Å². The number of ketones is 1. The third-order valence-corrected chi connectivity index (χ3v) is 16.6. The van der Waals surface area contributed by atoms with E-state index in [-0.39, 0.29) is 41.8 Å². The molecule has 2 aliphatic carbocycles. The van der Waals surface area contributed by atoms with E-state index in [4.69, 9.17) is 11.6 Å². The summed E-state index contributed by atoms with van der Waals surface area (Å²) in [6.07, 6.45) is -3.55. The van der Waals surface area contributed by atoms with Crippen LogP contribution >= 0.6 is 11.6 Å². The molecule has 0 spiro atoms. The monoisotopic (exact) mass is 1090 g/mol. The molecule has 2 unspecified atom stereocenters. The summed E-state index contributed by atoms with van der Waals surface area (Å²) in [6.45, 7) is 9.03. The molecular weight excluding hydrogens is 1010 g/mol. The van der Waals surface area contributed by atoms with Crippen LogP contribution in [0.5, 0.6) is 0 Å². The Kier molecular flexibility index (Phi) is 20.2. The zero-order valence-electron chi connectivity index (χ0n) is 45.5. The van der Waals surface area contributed by atoms with Crippen molar-refractivity contribution in [3.05, 3.63) is 58.6 Å². The predicted molar refractivity (Wildman–Crippen MR) is 280 cm³/mol. The molecule has 12 nitrogen and oxygen atoms in total. The third-order valence-electron chi connectivity index (χ3n) is 16.3. The lowest BCUT2D eigenvalue weighted by atomic mass is 9.64. The predicted octanol–water partition coefficient (Wildman–Crippen LogP) is 9.89. The summed E-state index contributed by atoms with van der Waals surface area (Å²) >= 11 is 6.62. The Bertz CT molecular complexity index is 2380. The van der Waals surface area contributed by atoms with Gasteiger partial charge >= 0.3 is 6.18 Å². The van der Waals surface area contributed by atoms with Gasteiger partial charge in [0.2, 0.25) is 29.5 Å². The molecule has 76 heavy (non-hydrogen) atoms. The Morgan fingerprint density at radius 2 is 1.46 bits per heavy atom. The minimum absolute atomic E-state index is 0.109. The van der Waals surface area contributed by atoms with Crippen LogP contribution in [-0.4, -0.2) is 157 Å². The summed E-state index contributed by atoms with van der Waals surface area (Å²) in [5.41, 5.74) is 0.649. The van der Waals surface area contributed by atoms with Gasteiger partial charge in [-0.05, 0) is 118 Å². The van der Waals surface area contributed by atoms with Crippen LogP contribution in [0, 0.1) is 23.2 Å². The highest BCUT2D eigenvalue weighted by atomic mass is 35.5. The Balaban J connectivity index is 1.03. The fraction of sp³-hybridized carbons (Fsp3) is 0.684. The van der Waals surface area contributed by atoms with Gasteiger partial charge in [0.15, 0.2) is 11.2 Å². The number of carbonyl (C=O) groups excluding carboxylic acids is 6. The molecule has 2 aromatic carbocycles. The first kappa shape index (κ1) is 60.5. The number of hydrogen-bond acceptors (Lipinski definition) is 7. The summed E-state index contributed by atoms with van der Waals surface area (Å²) in [6, 6.07) is 9.71. The highest BCUT2D eigenvalue weighted by Gasteiger charge is 2.75. The van der Waals surface area contributed by atoms with Crippen LogP contribution < -0.4 is 5.32 Å². The molecule has 2 aliphatic heterocycles. The molecule has 0 radical (unpaired) electrons. The molecule has 0 aromatic heterocycles. The van der Waals surface area contributed by atoms with Crippen LogP contribution in [0.3, 0.4) is 0 Å². The van der Waals surface area contributed by atoms with Gasteiger partial charge in [0, 0.05) is 70.9 Å². The second-order valence-corrected chi connectivity index (χ2v) is 23.5. The Morgan fingerprint density at radius 3 is 2.05 bits per heavy atom. The summed E-state index contributed by atoms with van der Waals surface area (Å²) in [7, 11) is 7.03. The van der Waals surface area contributed by atoms with Crippen molar-refractivity contribution in [3.8, 4) is 11.1 Å². The highest BCUT2D eigenvalue weighted by Crippen LogP contribution is 2.61. The molecule has 422 valence electrons. The summed E-state index contributed by atoms with van der Waals surface area (Å²) in [5, 5.41) is 3.06. The van der Waals surface area contributed by atoms with Crippen LogP contribution in [0.25, 0.3) is 11.1 Å². The van der Waals surface area contributed by atoms with Crippen molar-refractivity contribution in [3.63, 3.8) is 0 Å². The number of likely N-dealkylation sites (tertiary alicyclic amines) is 2. The lowest BCUT2D eigenvalue weighted by Crippen LogP contribution is -2.65. The Hall–Kier alpha value is -4.71. The standard InChI is InChI=1S/C57H79ClF6N6O6/c1-35(2)27-36(3)51(73)69(8)48(29-42-28-43(58)23-24-45(42)39-19-17-38(18-20-39)41-15-14-25-66(5)31-41)52(74)67(6)26-13-11-9-10-12-16-46(37(4)71)68(7)53(75)49(40-21-22-40)65-50(72)47-30-44(59)32-70(47)54(76)55(57(62,63)64)33-56(60,61)34-55/h17-20,23-24,28,35-36,40-41,44,46-49H,9-16,21-22,25-27,29-34H2,1-8H3,(H,65,72)/t36?,41-,44+,46-,47-,48-,49?/m0/s1. The number of unbranched alkanes of at least 4 members (excludes halogenated alkanes) is 4. The maximum atomic E-state index is 14.7. The lowest BCUT2D eigenvalue weighted by molar-refractivity contribution is -0.299. The number of nitrogens with one attached hydrogen (secondary N) is 1. The Labute approximate surface area is 450 Å². The topological polar surface area (TPSA) is 131 Å². The van der Waals surface area contributed by atoms with Crippen molar-refractivity contribution in [2.75, 3.05) is 54.4 Å². The van der Waals surface area contributed by atoms with E-state index in [0.29, 0.717) is 67.3 Å². The normalized spacial score (nSPS) is 22.0. The van der Waals surface area contributed by atoms with Gasteiger partial charge in [-0.3, -0.25) is 28.8 Å². The van der Waals surface area contributed by atoms with E-state index >= 15 is 0 Å². The van der Waals surface area contributed by atoms with Gasteiger partial charge in [-0.25, -0.2) is 13.2 Å². The van der Waals surface area contributed by atoms with Crippen molar-refractivity contribution in [1.29, 1.82) is 0 Å². The smallest absolute Gasteiger partial charge is 0.344 e. The Morgan fingerprint density at radius 1 is 0.829 bits per heavy atom. The molecule has 4 fully saturated rings. The zero-order valence-corrected chi connectivity index (χ0v) is 46.3. The molecule has 4 aliphatic rings. The van der Waals surface area contributed by atoms with Crippen molar-refractivity contribution >= 4 is 46.9 Å². The zero-order chi connectivity index (χ0) is 56.0. The number of alkyl halides is 6. The van der Waals surface area contributed by atoms with Gasteiger partial charge in [0.25, 0.3) is 5.92 Å². The number of benzene rings is 2. The van der Waals surface area contributed by atoms with Gasteiger partial charge in [0.05, 0.1) is 12.6 Å². The van der Waals surface area contributed by atoms with Gasteiger partial charge in [-0.1, -0.05) is 88.4 Å². The van der Waals surface area contributed by atoms with Crippen molar-refractivity contribution in [2.45, 2.75) is 172 Å². The molecule has 5 amide bonds. The minimum Gasteiger partial charge on any atom is -0.344 e. The molecule has 1 N–H and O–H groups in total. The van der Waals surface area contributed by atoms with E-state index in [1.54, 1.807) is 23.9 Å². The maximum absolute atomic E-state index is 14.7. The first-order valence-electron chi connectivity index (χ1n) is 27.2. The number of nitrogens with zero attached hydrogens (tertiary/aromatic N) is 5. The maximum Gasteiger partial charge on any atom is 0.403 e. The molecule has 2 aromatic rings. The lowest BCUT2D eigenvalue weighted by Gasteiger charge is -2.48. The van der Waals surface area contributed by atoms with E-state index in [1.165, 1.54) is 24.4 Å². The number of Topliss-reactive ketones (excluding diaryl/α,β-unsaturated/α-hetero) is 1. The van der Waals surface area contributed by atoms with Crippen LogP contribution in [-0.2, 0) is 35.2 Å². The molecule has 2 saturated carbocycles. The second-order valence-electron chi connectivity index (χ2n) is 23.0. The van der Waals surface area contributed by atoms with E-state index in [2.05, 4.69) is 55.4 Å². The first-order chi connectivity index (χ1) is 35.6. The SMILES string of the molecule is CC(=O)[C@H](CCCCCCCN(C)C(=O)[C@H](Cc1cc(Cl)ccc1-c1ccc([C@H]2CCCN(C)C2)cc1)N(C)C(=O)C(C)CC(C)C)N(C)C(=O)C(NC(=O)[C@@H]1C[C@@H](F)CN1C(=O)C1(C(F)(F)F)CC(F)(F)C1)C1CC1. The molecule has 19 heteroatoms. The molecule has 0 bridgehead atoms. The molecular formula is C57H79ClF6N6O6. The average molecular weight is 1090 g/mol. The first-order valence-corrected chi connectivity index (χ1v) is 27.6. The van der Waals surface area contributed by atoms with Crippen molar-refractivity contribution < 1.29 is 55.1 Å². The quantitative estimate of drug-likeness (QED) is 0.0819. The number of amides is 5. The highest BCUT2D eigenvalue weighted by molar-refractivity contribution is 6.30. The minimum atomic E-state index is -5.36. The number of carbonyl (C=O) groups is 6. The molecule has 2 saturated heterocycles. The van der Waals surface area contributed by atoms with Crippen molar-refractivity contribution in [1.82, 2.24) is 29.8 Å². The van der Waals surface area contributed by atoms with Crippen LogP contribution in [0.2, 0.25) is 5.02 Å². The van der Waals surface area contributed by atoms with Gasteiger partial charge in [-0.15, -0.1) is 0 Å². The number of hydrogen-bond donors (Lipinski definition) is 1.